The van der Waals surface area contributed by atoms with Gasteiger partial charge in [-0.05, 0) is 30.4 Å². The predicted molar refractivity (Wildman–Crippen MR) is 109 cm³/mol. The van der Waals surface area contributed by atoms with Gasteiger partial charge in [-0.3, -0.25) is 4.90 Å². The molecule has 1 unspecified atom stereocenters. The highest BCUT2D eigenvalue weighted by molar-refractivity contribution is 5.32. The van der Waals surface area contributed by atoms with Gasteiger partial charge >= 0.3 is 0 Å². The Kier molecular flexibility index (Phi) is 6.03. The van der Waals surface area contributed by atoms with Crippen molar-refractivity contribution in [2.75, 3.05) is 13.1 Å². The van der Waals surface area contributed by atoms with Crippen LogP contribution in [0.2, 0.25) is 0 Å². The van der Waals surface area contributed by atoms with E-state index in [0.717, 1.165) is 12.6 Å². The van der Waals surface area contributed by atoms with E-state index >= 15 is 0 Å². The van der Waals surface area contributed by atoms with E-state index in [0.29, 0.717) is 12.1 Å². The number of nitrogens with zero attached hydrogens (tertiary/aromatic N) is 1. The molecule has 2 aliphatic rings. The third kappa shape index (κ3) is 4.19. The Balaban J connectivity index is 1.45. The Bertz CT molecular complexity index is 607. The van der Waals surface area contributed by atoms with Crippen molar-refractivity contribution in [2.24, 2.45) is 0 Å². The molecule has 0 spiro atoms. The summed E-state index contributed by atoms with van der Waals surface area (Å²) < 4.78 is 0. The molecule has 2 aromatic carbocycles. The van der Waals surface area contributed by atoms with Crippen molar-refractivity contribution < 1.29 is 0 Å². The summed E-state index contributed by atoms with van der Waals surface area (Å²) in [6, 6.07) is 23.8. The third-order valence-electron chi connectivity index (χ3n) is 6.25. The van der Waals surface area contributed by atoms with E-state index in [2.05, 4.69) is 70.9 Å². The minimum absolute atomic E-state index is 0.382. The molecule has 2 heteroatoms. The molecule has 0 radical (unpaired) electrons. The number of hydrogen-bond donors (Lipinski definition) is 1. The minimum atomic E-state index is 0.382. The summed E-state index contributed by atoms with van der Waals surface area (Å²) in [6.07, 6.45) is 9.72. The maximum absolute atomic E-state index is 3.91. The van der Waals surface area contributed by atoms with Crippen molar-refractivity contribution in [3.8, 4) is 0 Å². The first-order chi connectivity index (χ1) is 12.9. The van der Waals surface area contributed by atoms with Crippen molar-refractivity contribution in [3.05, 3.63) is 71.8 Å². The Morgan fingerprint density at radius 1 is 0.769 bits per heavy atom. The zero-order chi connectivity index (χ0) is 17.6. The third-order valence-corrected chi connectivity index (χ3v) is 6.25. The van der Waals surface area contributed by atoms with E-state index in [4.69, 9.17) is 0 Å². The first kappa shape index (κ1) is 17.8. The van der Waals surface area contributed by atoms with Gasteiger partial charge in [0.05, 0.1) is 6.04 Å². The zero-order valence-electron chi connectivity index (χ0n) is 15.8. The molecule has 0 aromatic heterocycles. The second-order valence-corrected chi connectivity index (χ2v) is 8.00. The van der Waals surface area contributed by atoms with Gasteiger partial charge in [0.15, 0.2) is 0 Å². The number of nitrogens with one attached hydrogen (secondary N) is 1. The van der Waals surface area contributed by atoms with Gasteiger partial charge in [-0.15, -0.1) is 0 Å². The van der Waals surface area contributed by atoms with Crippen molar-refractivity contribution in [1.29, 1.82) is 0 Å². The van der Waals surface area contributed by atoms with Crippen LogP contribution in [0.3, 0.4) is 0 Å². The summed E-state index contributed by atoms with van der Waals surface area (Å²) in [4.78, 5) is 2.70. The molecule has 1 atom stereocenters. The molecule has 4 rings (SSSR count). The lowest BCUT2D eigenvalue weighted by molar-refractivity contribution is 0.0548. The molecule has 2 nitrogen and oxygen atoms in total. The van der Waals surface area contributed by atoms with Crippen LogP contribution in [0, 0.1) is 0 Å². The molecule has 1 aliphatic carbocycles. The van der Waals surface area contributed by atoms with Gasteiger partial charge in [-0.25, -0.2) is 0 Å². The lowest BCUT2D eigenvalue weighted by Gasteiger charge is -2.47. The monoisotopic (exact) mass is 348 g/mol. The van der Waals surface area contributed by atoms with Crippen LogP contribution in [0.5, 0.6) is 0 Å². The van der Waals surface area contributed by atoms with Crippen LogP contribution < -0.4 is 5.32 Å². The van der Waals surface area contributed by atoms with Gasteiger partial charge in [-0.1, -0.05) is 86.3 Å². The summed E-state index contributed by atoms with van der Waals surface area (Å²) >= 11 is 0. The molecular formula is C24H32N2. The fourth-order valence-corrected chi connectivity index (χ4v) is 4.65. The van der Waals surface area contributed by atoms with Gasteiger partial charge < -0.3 is 5.32 Å². The quantitative estimate of drug-likeness (QED) is 0.725. The summed E-state index contributed by atoms with van der Waals surface area (Å²) in [5.74, 6) is 0. The molecule has 0 amide bonds. The molecule has 1 aliphatic heterocycles. The largest absolute Gasteiger partial charge is 0.312 e. The van der Waals surface area contributed by atoms with Crippen LogP contribution in [-0.4, -0.2) is 30.1 Å². The topological polar surface area (TPSA) is 15.3 Å². The summed E-state index contributed by atoms with van der Waals surface area (Å²) in [6.45, 7) is 2.34. The maximum Gasteiger partial charge on any atom is 0.0604 e. The van der Waals surface area contributed by atoms with Gasteiger partial charge in [0.1, 0.15) is 0 Å². The normalized spacial score (nSPS) is 22.1. The molecule has 2 fully saturated rings. The number of hydrogen-bond acceptors (Lipinski definition) is 2. The summed E-state index contributed by atoms with van der Waals surface area (Å²) in [7, 11) is 0. The Morgan fingerprint density at radius 3 is 1.85 bits per heavy atom. The van der Waals surface area contributed by atoms with Crippen LogP contribution >= 0.6 is 0 Å². The second-order valence-electron chi connectivity index (χ2n) is 8.00. The molecule has 1 N–H and O–H groups in total. The van der Waals surface area contributed by atoms with Crippen LogP contribution in [0.1, 0.15) is 62.1 Å². The molecule has 1 saturated carbocycles. The standard InChI is InChI=1S/C24H32N2/c1-2-10-16-22(15-9-1)25-19-23-17-18-26(23)24(20-11-5-3-6-12-20)21-13-7-4-8-14-21/h3-8,11-14,22-25H,1-2,9-10,15-19H2. The molecular weight excluding hydrogens is 316 g/mol. The first-order valence-corrected chi connectivity index (χ1v) is 10.5. The van der Waals surface area contributed by atoms with E-state index < -0.39 is 0 Å². The van der Waals surface area contributed by atoms with E-state index in [1.165, 1.54) is 62.6 Å². The zero-order valence-corrected chi connectivity index (χ0v) is 15.8. The SMILES string of the molecule is c1ccc(C(c2ccccc2)N2CCC2CNC2CCCCCC2)cc1. The number of rotatable bonds is 6. The average Bonchev–Trinajstić information content (AvgIpc) is 2.95. The van der Waals surface area contributed by atoms with E-state index in [-0.39, 0.29) is 0 Å². The number of benzene rings is 2. The number of likely N-dealkylation sites (tertiary alicyclic amines) is 1. The first-order valence-electron chi connectivity index (χ1n) is 10.5. The van der Waals surface area contributed by atoms with Crippen LogP contribution in [0.25, 0.3) is 0 Å². The molecule has 0 bridgehead atoms. The summed E-state index contributed by atoms with van der Waals surface area (Å²) in [5.41, 5.74) is 2.83. The molecule has 26 heavy (non-hydrogen) atoms. The molecule has 2 aromatic rings. The minimum Gasteiger partial charge on any atom is -0.312 e. The van der Waals surface area contributed by atoms with Crippen LogP contribution in [-0.2, 0) is 0 Å². The van der Waals surface area contributed by atoms with Crippen LogP contribution in [0.15, 0.2) is 60.7 Å². The highest BCUT2D eigenvalue weighted by Crippen LogP contribution is 2.35. The van der Waals surface area contributed by atoms with Crippen LogP contribution in [0.4, 0.5) is 0 Å². The lowest BCUT2D eigenvalue weighted by Crippen LogP contribution is -2.55. The smallest absolute Gasteiger partial charge is 0.0604 e. The summed E-state index contributed by atoms with van der Waals surface area (Å²) in [5, 5.41) is 3.91. The van der Waals surface area contributed by atoms with Gasteiger partial charge in [0, 0.05) is 25.2 Å². The van der Waals surface area contributed by atoms with Gasteiger partial charge in [0.2, 0.25) is 0 Å². The van der Waals surface area contributed by atoms with Crippen molar-refractivity contribution in [1.82, 2.24) is 10.2 Å². The highest BCUT2D eigenvalue weighted by atomic mass is 15.3. The molecule has 1 saturated heterocycles. The van der Waals surface area contributed by atoms with E-state index in [1.807, 2.05) is 0 Å². The van der Waals surface area contributed by atoms with Gasteiger partial charge in [0.25, 0.3) is 0 Å². The Labute approximate surface area is 158 Å². The fraction of sp³-hybridized carbons (Fsp3) is 0.500. The maximum atomic E-state index is 3.91. The molecule has 1 heterocycles. The Hall–Kier alpha value is -1.64. The Morgan fingerprint density at radius 2 is 1.35 bits per heavy atom. The van der Waals surface area contributed by atoms with E-state index in [1.54, 1.807) is 0 Å². The highest BCUT2D eigenvalue weighted by Gasteiger charge is 2.35. The van der Waals surface area contributed by atoms with Crippen molar-refractivity contribution >= 4 is 0 Å². The second kappa shape index (κ2) is 8.83. The predicted octanol–water partition coefficient (Wildman–Crippen LogP) is 5.16. The van der Waals surface area contributed by atoms with E-state index in [9.17, 15) is 0 Å². The molecule has 138 valence electrons. The van der Waals surface area contributed by atoms with Crippen molar-refractivity contribution in [3.63, 3.8) is 0 Å². The fourth-order valence-electron chi connectivity index (χ4n) is 4.65. The average molecular weight is 349 g/mol. The van der Waals surface area contributed by atoms with Gasteiger partial charge in [-0.2, -0.15) is 0 Å². The lowest BCUT2D eigenvalue weighted by atomic mass is 9.90. The van der Waals surface area contributed by atoms with Crippen molar-refractivity contribution in [2.45, 2.75) is 63.1 Å².